The van der Waals surface area contributed by atoms with E-state index in [0.717, 1.165) is 16.5 Å². The smallest absolute Gasteiger partial charge is 0.326 e. The summed E-state index contributed by atoms with van der Waals surface area (Å²) in [7, 11) is 0. The van der Waals surface area contributed by atoms with Gasteiger partial charge in [-0.1, -0.05) is 6.07 Å². The van der Waals surface area contributed by atoms with E-state index in [1.54, 1.807) is 0 Å². The molecule has 6 heteroatoms. The first-order valence-electron chi connectivity index (χ1n) is 6.05. The van der Waals surface area contributed by atoms with Crippen molar-refractivity contribution in [2.24, 2.45) is 0 Å². The minimum Gasteiger partial charge on any atom is -0.480 e. The highest BCUT2D eigenvalue weighted by Gasteiger charge is 2.34. The summed E-state index contributed by atoms with van der Waals surface area (Å²) in [4.78, 5) is 24.6. The van der Waals surface area contributed by atoms with Gasteiger partial charge in [0.05, 0.1) is 5.69 Å². The molecule has 1 aliphatic rings. The summed E-state index contributed by atoms with van der Waals surface area (Å²) in [6.45, 7) is 2.41. The number of carbonyl (C=O) groups excluding carboxylic acids is 1. The summed E-state index contributed by atoms with van der Waals surface area (Å²) in [6, 6.07) is 4.53. The van der Waals surface area contributed by atoms with Gasteiger partial charge in [-0.15, -0.1) is 0 Å². The molecular formula is C13H15BrN2O3. The number of halogens is 1. The zero-order valence-corrected chi connectivity index (χ0v) is 12.1. The quantitative estimate of drug-likeness (QED) is 0.877. The van der Waals surface area contributed by atoms with Crippen molar-refractivity contribution in [1.29, 1.82) is 0 Å². The lowest BCUT2D eigenvalue weighted by Gasteiger charge is -2.22. The van der Waals surface area contributed by atoms with E-state index in [0.29, 0.717) is 18.7 Å². The van der Waals surface area contributed by atoms with Crippen molar-refractivity contribution in [2.45, 2.75) is 25.8 Å². The maximum Gasteiger partial charge on any atom is 0.326 e. The van der Waals surface area contributed by atoms with Gasteiger partial charge in [-0.3, -0.25) is 0 Å². The van der Waals surface area contributed by atoms with E-state index in [4.69, 9.17) is 5.11 Å². The number of carbonyl (C=O) groups is 2. The second kappa shape index (κ2) is 5.61. The summed E-state index contributed by atoms with van der Waals surface area (Å²) in [6.07, 6.45) is 1.23. The minimum absolute atomic E-state index is 0.365. The summed E-state index contributed by atoms with van der Waals surface area (Å²) >= 11 is 3.36. The van der Waals surface area contributed by atoms with Gasteiger partial charge in [-0.2, -0.15) is 0 Å². The molecule has 0 aromatic heterocycles. The fourth-order valence-corrected chi connectivity index (χ4v) is 2.53. The van der Waals surface area contributed by atoms with Gasteiger partial charge in [0, 0.05) is 11.0 Å². The molecule has 0 spiro atoms. The molecule has 2 amide bonds. The number of rotatable bonds is 2. The Hall–Kier alpha value is -1.56. The zero-order valence-electron chi connectivity index (χ0n) is 10.5. The number of benzene rings is 1. The number of nitrogens with zero attached hydrogens (tertiary/aromatic N) is 1. The van der Waals surface area contributed by atoms with Crippen LogP contribution in [0, 0.1) is 6.92 Å². The van der Waals surface area contributed by atoms with E-state index in [1.165, 1.54) is 4.90 Å². The Balaban J connectivity index is 2.12. The number of aryl methyl sites for hydroxylation is 1. The molecule has 1 aromatic rings. The molecular weight excluding hydrogens is 312 g/mol. The second-order valence-electron chi connectivity index (χ2n) is 4.60. The monoisotopic (exact) mass is 326 g/mol. The van der Waals surface area contributed by atoms with Gasteiger partial charge in [0.2, 0.25) is 0 Å². The van der Waals surface area contributed by atoms with Gasteiger partial charge in [-0.25, -0.2) is 9.59 Å². The molecule has 19 heavy (non-hydrogen) atoms. The van der Waals surface area contributed by atoms with Crippen molar-refractivity contribution in [2.75, 3.05) is 11.9 Å². The first-order chi connectivity index (χ1) is 8.99. The number of hydrogen-bond donors (Lipinski definition) is 2. The van der Waals surface area contributed by atoms with Crippen molar-refractivity contribution in [3.63, 3.8) is 0 Å². The molecule has 0 aliphatic carbocycles. The lowest BCUT2D eigenvalue weighted by Crippen LogP contribution is -2.42. The number of aliphatic carboxylic acids is 1. The Morgan fingerprint density at radius 3 is 2.89 bits per heavy atom. The van der Waals surface area contributed by atoms with Gasteiger partial charge in [0.1, 0.15) is 6.04 Å². The number of carboxylic acids is 1. The number of nitrogens with one attached hydrogen (secondary N) is 1. The molecule has 1 aromatic carbocycles. The third-order valence-corrected chi connectivity index (χ3v) is 3.85. The second-order valence-corrected chi connectivity index (χ2v) is 5.46. The third-order valence-electron chi connectivity index (χ3n) is 3.16. The number of likely N-dealkylation sites (tertiary alicyclic amines) is 1. The molecule has 1 heterocycles. The van der Waals surface area contributed by atoms with Crippen molar-refractivity contribution >= 4 is 33.6 Å². The number of urea groups is 1. The Bertz CT molecular complexity index is 519. The minimum atomic E-state index is -0.948. The Morgan fingerprint density at radius 1 is 1.47 bits per heavy atom. The highest BCUT2D eigenvalue weighted by Crippen LogP contribution is 2.25. The summed E-state index contributed by atoms with van der Waals surface area (Å²) < 4.78 is 0.775. The summed E-state index contributed by atoms with van der Waals surface area (Å²) in [5, 5.41) is 11.8. The largest absolute Gasteiger partial charge is 0.480 e. The maximum atomic E-state index is 12.1. The molecule has 1 atom stereocenters. The topological polar surface area (TPSA) is 69.6 Å². The number of anilines is 1. The molecule has 2 N–H and O–H groups in total. The van der Waals surface area contributed by atoms with Gasteiger partial charge < -0.3 is 15.3 Å². The highest BCUT2D eigenvalue weighted by molar-refractivity contribution is 9.10. The molecule has 1 fully saturated rings. The van der Waals surface area contributed by atoms with Gasteiger partial charge in [0.15, 0.2) is 0 Å². The standard InChI is InChI=1S/C13H15BrN2O3/c1-8-4-5-9(14)10(7-8)15-13(19)16-6-2-3-11(16)12(17)18/h4-5,7,11H,2-3,6H2,1H3,(H,15,19)(H,17,18). The van der Waals surface area contributed by atoms with Crippen LogP contribution in [0.15, 0.2) is 22.7 Å². The zero-order chi connectivity index (χ0) is 14.0. The molecule has 0 saturated carbocycles. The maximum absolute atomic E-state index is 12.1. The highest BCUT2D eigenvalue weighted by atomic mass is 79.9. The number of carboxylic acid groups (broad SMARTS) is 1. The average molecular weight is 327 g/mol. The number of hydrogen-bond acceptors (Lipinski definition) is 2. The summed E-state index contributed by atoms with van der Waals surface area (Å²) in [5.74, 6) is -0.948. The van der Waals surface area contributed by atoms with Crippen LogP contribution in [0.5, 0.6) is 0 Å². The molecule has 1 aliphatic heterocycles. The van der Waals surface area contributed by atoms with Crippen LogP contribution in [0.2, 0.25) is 0 Å². The molecule has 0 bridgehead atoms. The SMILES string of the molecule is Cc1ccc(Br)c(NC(=O)N2CCCC2C(=O)O)c1. The van der Waals surface area contributed by atoms with Crippen molar-refractivity contribution in [3.05, 3.63) is 28.2 Å². The lowest BCUT2D eigenvalue weighted by atomic mass is 10.2. The fourth-order valence-electron chi connectivity index (χ4n) is 2.19. The molecule has 2 rings (SSSR count). The predicted octanol–water partition coefficient (Wildman–Crippen LogP) is 2.84. The van der Waals surface area contributed by atoms with Gasteiger partial charge in [0.25, 0.3) is 0 Å². The normalized spacial score (nSPS) is 18.4. The average Bonchev–Trinajstić information content (AvgIpc) is 2.83. The van der Waals surface area contributed by atoms with Crippen LogP contribution < -0.4 is 5.32 Å². The third kappa shape index (κ3) is 3.07. The van der Waals surface area contributed by atoms with Crippen molar-refractivity contribution < 1.29 is 14.7 Å². The lowest BCUT2D eigenvalue weighted by molar-refractivity contribution is -0.141. The molecule has 1 unspecified atom stereocenters. The number of amides is 2. The molecule has 0 radical (unpaired) electrons. The molecule has 102 valence electrons. The van der Waals surface area contributed by atoms with Gasteiger partial charge >= 0.3 is 12.0 Å². The Kier molecular flexibility index (Phi) is 4.09. The van der Waals surface area contributed by atoms with E-state index in [9.17, 15) is 9.59 Å². The Morgan fingerprint density at radius 2 is 2.21 bits per heavy atom. The predicted molar refractivity (Wildman–Crippen MR) is 75.3 cm³/mol. The van der Waals surface area contributed by atoms with Crippen LogP contribution in [0.25, 0.3) is 0 Å². The van der Waals surface area contributed by atoms with Crippen LogP contribution in [0.1, 0.15) is 18.4 Å². The van der Waals surface area contributed by atoms with E-state index in [-0.39, 0.29) is 6.03 Å². The van der Waals surface area contributed by atoms with Crippen molar-refractivity contribution in [1.82, 2.24) is 4.90 Å². The van der Waals surface area contributed by atoms with Crippen LogP contribution in [0.4, 0.5) is 10.5 Å². The van der Waals surface area contributed by atoms with E-state index < -0.39 is 12.0 Å². The summed E-state index contributed by atoms with van der Waals surface area (Å²) in [5.41, 5.74) is 1.68. The van der Waals surface area contributed by atoms with Crippen LogP contribution in [0.3, 0.4) is 0 Å². The van der Waals surface area contributed by atoms with E-state index in [1.807, 2.05) is 25.1 Å². The van der Waals surface area contributed by atoms with Crippen LogP contribution in [-0.2, 0) is 4.79 Å². The first kappa shape index (κ1) is 13.9. The van der Waals surface area contributed by atoms with Crippen molar-refractivity contribution in [3.8, 4) is 0 Å². The molecule has 1 saturated heterocycles. The first-order valence-corrected chi connectivity index (χ1v) is 6.85. The Labute approximate surface area is 119 Å². The van der Waals surface area contributed by atoms with Crippen LogP contribution in [-0.4, -0.2) is 34.6 Å². The molecule has 5 nitrogen and oxygen atoms in total. The van der Waals surface area contributed by atoms with E-state index >= 15 is 0 Å². The fraction of sp³-hybridized carbons (Fsp3) is 0.385. The van der Waals surface area contributed by atoms with E-state index in [2.05, 4.69) is 21.2 Å². The van der Waals surface area contributed by atoms with Gasteiger partial charge in [-0.05, 0) is 53.4 Å². The van der Waals surface area contributed by atoms with Crippen LogP contribution >= 0.6 is 15.9 Å².